The number of nitrogens with one attached hydrogen (secondary N) is 2. The molecule has 1 aliphatic carbocycles. The van der Waals surface area contributed by atoms with Gasteiger partial charge in [-0.1, -0.05) is 47.5 Å². The van der Waals surface area contributed by atoms with Gasteiger partial charge in [0.05, 0.1) is 10.6 Å². The van der Waals surface area contributed by atoms with E-state index in [1.807, 2.05) is 0 Å². The van der Waals surface area contributed by atoms with Crippen LogP contribution >= 0.6 is 35.6 Å². The molecular weight excluding hydrogens is 391 g/mol. The van der Waals surface area contributed by atoms with Gasteiger partial charge in [0.25, 0.3) is 5.91 Å². The van der Waals surface area contributed by atoms with Crippen molar-refractivity contribution in [3.63, 3.8) is 0 Å². The Labute approximate surface area is 169 Å². The maximum absolute atomic E-state index is 12.9. The van der Waals surface area contributed by atoms with Crippen LogP contribution in [0.5, 0.6) is 0 Å². The van der Waals surface area contributed by atoms with Crippen molar-refractivity contribution >= 4 is 41.5 Å². The second kappa shape index (κ2) is 7.77. The van der Waals surface area contributed by atoms with Crippen molar-refractivity contribution in [3.05, 3.63) is 69.2 Å². The van der Waals surface area contributed by atoms with E-state index in [4.69, 9.17) is 23.2 Å². The smallest absolute Gasteiger partial charge is 0.253 e. The summed E-state index contributed by atoms with van der Waals surface area (Å²) in [7, 11) is 0. The van der Waals surface area contributed by atoms with Gasteiger partial charge in [0.1, 0.15) is 0 Å². The number of carbonyl (C=O) groups excluding carboxylic acids is 1. The highest BCUT2D eigenvalue weighted by Gasteiger charge is 2.47. The Balaban J connectivity index is 0.00000196. The molecule has 1 amide bonds. The monoisotopic (exact) mass is 410 g/mol. The van der Waals surface area contributed by atoms with Gasteiger partial charge in [0, 0.05) is 16.5 Å². The zero-order valence-corrected chi connectivity index (χ0v) is 16.6. The third-order valence-electron chi connectivity index (χ3n) is 5.62. The highest BCUT2D eigenvalue weighted by Crippen LogP contribution is 2.45. The van der Waals surface area contributed by atoms with E-state index >= 15 is 0 Å². The summed E-state index contributed by atoms with van der Waals surface area (Å²) < 4.78 is 0. The largest absolute Gasteiger partial charge is 0.348 e. The summed E-state index contributed by atoms with van der Waals surface area (Å²) in [5.74, 6) is -0.127. The summed E-state index contributed by atoms with van der Waals surface area (Å²) in [6.07, 6.45) is 2.93. The van der Waals surface area contributed by atoms with Crippen LogP contribution in [0.1, 0.15) is 34.3 Å². The molecule has 0 bridgehead atoms. The molecule has 3 nitrogen and oxygen atoms in total. The van der Waals surface area contributed by atoms with Crippen molar-refractivity contribution in [1.29, 1.82) is 0 Å². The normalized spacial score (nSPS) is 20.3. The maximum Gasteiger partial charge on any atom is 0.253 e. The number of hydrogen-bond acceptors (Lipinski definition) is 2. The minimum absolute atomic E-state index is 0. The fourth-order valence-electron chi connectivity index (χ4n) is 4.38. The van der Waals surface area contributed by atoms with Crippen LogP contribution in [-0.4, -0.2) is 25.0 Å². The number of benzene rings is 2. The Kier molecular flexibility index (Phi) is 5.83. The van der Waals surface area contributed by atoms with E-state index < -0.39 is 0 Å². The molecule has 1 aliphatic heterocycles. The summed E-state index contributed by atoms with van der Waals surface area (Å²) in [6.45, 7) is 1.95. The average molecular weight is 412 g/mol. The van der Waals surface area contributed by atoms with E-state index in [1.54, 1.807) is 18.2 Å². The summed E-state index contributed by atoms with van der Waals surface area (Å²) >= 11 is 12.2. The minimum atomic E-state index is -0.127. The van der Waals surface area contributed by atoms with Gasteiger partial charge in [-0.15, -0.1) is 12.4 Å². The van der Waals surface area contributed by atoms with Crippen molar-refractivity contribution in [2.75, 3.05) is 13.1 Å². The van der Waals surface area contributed by atoms with Crippen LogP contribution in [0.2, 0.25) is 10.0 Å². The van der Waals surface area contributed by atoms with Crippen molar-refractivity contribution in [2.24, 2.45) is 0 Å². The van der Waals surface area contributed by atoms with Gasteiger partial charge in [-0.2, -0.15) is 0 Å². The van der Waals surface area contributed by atoms with Gasteiger partial charge in [0.2, 0.25) is 0 Å². The van der Waals surface area contributed by atoms with Crippen molar-refractivity contribution in [2.45, 2.75) is 30.7 Å². The maximum atomic E-state index is 12.9. The van der Waals surface area contributed by atoms with Gasteiger partial charge in [-0.3, -0.25) is 4.79 Å². The molecule has 6 heteroatoms. The van der Waals surface area contributed by atoms with E-state index in [2.05, 4.69) is 34.9 Å². The van der Waals surface area contributed by atoms with Crippen LogP contribution in [0.15, 0.2) is 42.5 Å². The molecule has 138 valence electrons. The minimum Gasteiger partial charge on any atom is -0.348 e. The molecule has 2 aliphatic rings. The molecule has 2 aromatic carbocycles. The van der Waals surface area contributed by atoms with E-state index in [9.17, 15) is 4.79 Å². The number of carbonyl (C=O) groups is 1. The lowest BCUT2D eigenvalue weighted by atomic mass is 9.71. The molecular formula is C20H21Cl3N2O. The Morgan fingerprint density at radius 2 is 1.85 bits per heavy atom. The first-order valence-corrected chi connectivity index (χ1v) is 9.41. The van der Waals surface area contributed by atoms with Crippen LogP contribution in [0.4, 0.5) is 0 Å². The molecule has 1 atom stereocenters. The first-order chi connectivity index (χ1) is 12.1. The highest BCUT2D eigenvalue weighted by atomic mass is 35.5. The summed E-state index contributed by atoms with van der Waals surface area (Å²) in [5.41, 5.74) is 3.23. The Bertz CT molecular complexity index is 818. The molecule has 1 spiro atoms. The van der Waals surface area contributed by atoms with Crippen LogP contribution in [0, 0.1) is 0 Å². The predicted molar refractivity (Wildman–Crippen MR) is 109 cm³/mol. The fourth-order valence-corrected chi connectivity index (χ4v) is 4.87. The van der Waals surface area contributed by atoms with E-state index in [0.717, 1.165) is 32.4 Å². The molecule has 1 unspecified atom stereocenters. The first kappa shape index (κ1) is 19.5. The van der Waals surface area contributed by atoms with E-state index in [1.165, 1.54) is 11.1 Å². The zero-order valence-electron chi connectivity index (χ0n) is 14.2. The molecule has 1 fully saturated rings. The lowest BCUT2D eigenvalue weighted by molar-refractivity contribution is 0.0907. The molecule has 4 rings (SSSR count). The molecule has 1 heterocycles. The highest BCUT2D eigenvalue weighted by molar-refractivity contribution is 6.36. The SMILES string of the molecule is Cl.O=C(NC1Cc2ccccc2C12CCNCC2)c1ccc(Cl)cc1Cl. The standard InChI is InChI=1S/C20H20Cl2N2O.ClH/c21-14-5-6-15(17(22)12-14)19(25)24-18-11-13-3-1-2-4-16(13)20(18)7-9-23-10-8-20;/h1-6,12,18,23H,7-11H2,(H,24,25);1H. The lowest BCUT2D eigenvalue weighted by Gasteiger charge is -2.40. The van der Waals surface area contributed by atoms with Crippen molar-refractivity contribution in [3.8, 4) is 0 Å². The third-order valence-corrected chi connectivity index (χ3v) is 6.17. The van der Waals surface area contributed by atoms with E-state index in [0.29, 0.717) is 15.6 Å². The summed E-state index contributed by atoms with van der Waals surface area (Å²) in [6, 6.07) is 13.7. The van der Waals surface area contributed by atoms with Gasteiger partial charge in [-0.05, 0) is 61.7 Å². The van der Waals surface area contributed by atoms with Gasteiger partial charge >= 0.3 is 0 Å². The predicted octanol–water partition coefficient (Wildman–Crippen LogP) is 4.39. The second-order valence-corrected chi connectivity index (χ2v) is 7.76. The number of rotatable bonds is 2. The lowest BCUT2D eigenvalue weighted by Crippen LogP contribution is -2.53. The number of halogens is 3. The molecule has 0 saturated carbocycles. The molecule has 0 aromatic heterocycles. The third kappa shape index (κ3) is 3.34. The number of fused-ring (bicyclic) bond motifs is 2. The number of amides is 1. The average Bonchev–Trinajstić information content (AvgIpc) is 2.89. The molecule has 26 heavy (non-hydrogen) atoms. The quantitative estimate of drug-likeness (QED) is 0.769. The summed E-state index contributed by atoms with van der Waals surface area (Å²) in [4.78, 5) is 12.9. The van der Waals surface area contributed by atoms with Crippen molar-refractivity contribution in [1.82, 2.24) is 10.6 Å². The first-order valence-electron chi connectivity index (χ1n) is 8.65. The molecule has 1 saturated heterocycles. The fraction of sp³-hybridized carbons (Fsp3) is 0.350. The number of piperidine rings is 1. The number of hydrogen-bond donors (Lipinski definition) is 2. The molecule has 2 N–H and O–H groups in total. The zero-order chi connectivity index (χ0) is 17.4. The van der Waals surface area contributed by atoms with E-state index in [-0.39, 0.29) is 29.8 Å². The van der Waals surface area contributed by atoms with Crippen LogP contribution in [-0.2, 0) is 11.8 Å². The second-order valence-electron chi connectivity index (χ2n) is 6.92. The van der Waals surface area contributed by atoms with Gasteiger partial charge in [-0.25, -0.2) is 0 Å². The van der Waals surface area contributed by atoms with Gasteiger partial charge < -0.3 is 10.6 Å². The Morgan fingerprint density at radius 1 is 1.12 bits per heavy atom. The van der Waals surface area contributed by atoms with Crippen molar-refractivity contribution < 1.29 is 4.79 Å². The van der Waals surface area contributed by atoms with Gasteiger partial charge in [0.15, 0.2) is 0 Å². The summed E-state index contributed by atoms with van der Waals surface area (Å²) in [5, 5.41) is 7.63. The van der Waals surface area contributed by atoms with Crippen LogP contribution in [0.25, 0.3) is 0 Å². The van der Waals surface area contributed by atoms with Crippen LogP contribution < -0.4 is 10.6 Å². The Hall–Kier alpha value is -1.26. The topological polar surface area (TPSA) is 41.1 Å². The molecule has 0 radical (unpaired) electrons. The van der Waals surface area contributed by atoms with Crippen LogP contribution in [0.3, 0.4) is 0 Å². The Morgan fingerprint density at radius 3 is 2.58 bits per heavy atom. The molecule has 2 aromatic rings.